The smallest absolute Gasteiger partial charge is 0.193 e. The second kappa shape index (κ2) is 2.90. The lowest BCUT2D eigenvalue weighted by atomic mass is 10.6. The average molecular weight is 141 g/mol. The maximum absolute atomic E-state index is 4.10. The molecule has 1 N–H and O–H groups in total. The lowest BCUT2D eigenvalue weighted by Crippen LogP contribution is -2.37. The quantitative estimate of drug-likeness (QED) is 0.420. The van der Waals surface area contributed by atoms with Gasteiger partial charge < -0.3 is 10.2 Å². The Labute approximate surface area is 62.1 Å². The van der Waals surface area contributed by atoms with Gasteiger partial charge in [0.25, 0.3) is 0 Å². The van der Waals surface area contributed by atoms with Crippen LogP contribution in [0.3, 0.4) is 0 Å². The molecule has 1 aliphatic carbocycles. The third kappa shape index (κ3) is 1.40. The zero-order valence-electron chi connectivity index (χ0n) is 6.89. The molecule has 0 aliphatic heterocycles. The van der Waals surface area contributed by atoms with E-state index in [1.54, 1.807) is 0 Å². The van der Waals surface area contributed by atoms with Crippen LogP contribution in [0.2, 0.25) is 0 Å². The van der Waals surface area contributed by atoms with Crippen LogP contribution in [-0.4, -0.2) is 38.0 Å². The summed E-state index contributed by atoms with van der Waals surface area (Å²) in [6.07, 6.45) is 2.63. The highest BCUT2D eigenvalue weighted by atomic mass is 15.3. The van der Waals surface area contributed by atoms with Crippen molar-refractivity contribution in [2.45, 2.75) is 18.9 Å². The fourth-order valence-corrected chi connectivity index (χ4v) is 1.08. The monoisotopic (exact) mass is 141 g/mol. The molecule has 1 saturated carbocycles. The van der Waals surface area contributed by atoms with E-state index in [2.05, 4.69) is 22.3 Å². The molecule has 0 saturated heterocycles. The number of rotatable bonds is 1. The first-order chi connectivity index (χ1) is 4.79. The zero-order valence-corrected chi connectivity index (χ0v) is 6.89. The number of aliphatic imine (C=N–C) groups is 1. The van der Waals surface area contributed by atoms with E-state index < -0.39 is 0 Å². The Morgan fingerprint density at radius 1 is 1.60 bits per heavy atom. The molecule has 0 spiro atoms. The summed E-state index contributed by atoms with van der Waals surface area (Å²) < 4.78 is 0. The summed E-state index contributed by atoms with van der Waals surface area (Å²) in [4.78, 5) is 6.29. The van der Waals surface area contributed by atoms with E-state index in [-0.39, 0.29) is 0 Å². The molecule has 1 fully saturated rings. The molecule has 0 radical (unpaired) electrons. The van der Waals surface area contributed by atoms with Crippen LogP contribution in [0.5, 0.6) is 0 Å². The van der Waals surface area contributed by atoms with Crippen molar-refractivity contribution < 1.29 is 0 Å². The fraction of sp³-hybridized carbons (Fsp3) is 0.857. The number of hydrogen-bond donors (Lipinski definition) is 1. The number of guanidine groups is 1. The molecule has 1 rings (SSSR count). The van der Waals surface area contributed by atoms with Crippen LogP contribution < -0.4 is 5.32 Å². The molecule has 0 aromatic carbocycles. The van der Waals surface area contributed by atoms with Crippen molar-refractivity contribution in [2.24, 2.45) is 4.99 Å². The molecule has 3 heteroatoms. The van der Waals surface area contributed by atoms with Crippen LogP contribution in [0.25, 0.3) is 0 Å². The van der Waals surface area contributed by atoms with E-state index >= 15 is 0 Å². The first kappa shape index (κ1) is 7.38. The Morgan fingerprint density at radius 2 is 2.20 bits per heavy atom. The SMILES string of the molecule is CN=C(NC)N(C)C1CC1. The molecule has 0 aromatic heterocycles. The summed E-state index contributed by atoms with van der Waals surface area (Å²) in [5.74, 6) is 0.988. The van der Waals surface area contributed by atoms with Gasteiger partial charge >= 0.3 is 0 Å². The van der Waals surface area contributed by atoms with Crippen molar-refractivity contribution in [2.75, 3.05) is 21.1 Å². The van der Waals surface area contributed by atoms with Gasteiger partial charge in [-0.05, 0) is 12.8 Å². The summed E-state index contributed by atoms with van der Waals surface area (Å²) in [6, 6.07) is 0.742. The molecule has 58 valence electrons. The van der Waals surface area contributed by atoms with Gasteiger partial charge in [-0.1, -0.05) is 0 Å². The summed E-state index contributed by atoms with van der Waals surface area (Å²) in [5, 5.41) is 3.05. The normalized spacial score (nSPS) is 18.9. The second-order valence-electron chi connectivity index (χ2n) is 2.64. The Bertz CT molecular complexity index is 138. The molecule has 0 unspecified atom stereocenters. The van der Waals surface area contributed by atoms with Crippen LogP contribution in [0.15, 0.2) is 4.99 Å². The second-order valence-corrected chi connectivity index (χ2v) is 2.64. The van der Waals surface area contributed by atoms with Gasteiger partial charge in [0.05, 0.1) is 0 Å². The zero-order chi connectivity index (χ0) is 7.56. The Morgan fingerprint density at radius 3 is 2.50 bits per heavy atom. The topological polar surface area (TPSA) is 27.6 Å². The van der Waals surface area contributed by atoms with E-state index in [0.29, 0.717) is 0 Å². The standard InChI is InChI=1S/C7H15N3/c1-8-7(9-2)10(3)6-4-5-6/h6H,4-5H2,1-3H3,(H,8,9). The molecule has 0 amide bonds. The van der Waals surface area contributed by atoms with Gasteiger partial charge in [-0.3, -0.25) is 4.99 Å². The van der Waals surface area contributed by atoms with Crippen molar-refractivity contribution in [1.29, 1.82) is 0 Å². The lowest BCUT2D eigenvalue weighted by Gasteiger charge is -2.19. The molecule has 0 atom stereocenters. The number of nitrogens with one attached hydrogen (secondary N) is 1. The fourth-order valence-electron chi connectivity index (χ4n) is 1.08. The van der Waals surface area contributed by atoms with Gasteiger partial charge in [0.1, 0.15) is 0 Å². The van der Waals surface area contributed by atoms with Crippen LogP contribution in [-0.2, 0) is 0 Å². The summed E-state index contributed by atoms with van der Waals surface area (Å²) >= 11 is 0. The number of hydrogen-bond acceptors (Lipinski definition) is 1. The highest BCUT2D eigenvalue weighted by Crippen LogP contribution is 2.24. The minimum atomic E-state index is 0.742. The van der Waals surface area contributed by atoms with Crippen LogP contribution in [0, 0.1) is 0 Å². The molecular formula is C7H15N3. The van der Waals surface area contributed by atoms with Crippen molar-refractivity contribution >= 4 is 5.96 Å². The van der Waals surface area contributed by atoms with Crippen LogP contribution in [0.1, 0.15) is 12.8 Å². The van der Waals surface area contributed by atoms with Crippen molar-refractivity contribution in [3.8, 4) is 0 Å². The van der Waals surface area contributed by atoms with Gasteiger partial charge in [0.2, 0.25) is 0 Å². The van der Waals surface area contributed by atoms with Gasteiger partial charge in [0, 0.05) is 27.2 Å². The maximum Gasteiger partial charge on any atom is 0.193 e. The largest absolute Gasteiger partial charge is 0.359 e. The molecule has 10 heavy (non-hydrogen) atoms. The third-order valence-electron chi connectivity index (χ3n) is 1.86. The first-order valence-electron chi connectivity index (χ1n) is 3.67. The predicted octanol–water partition coefficient (Wildman–Crippen LogP) is 0.286. The van der Waals surface area contributed by atoms with Gasteiger partial charge in [-0.2, -0.15) is 0 Å². The van der Waals surface area contributed by atoms with E-state index in [9.17, 15) is 0 Å². The van der Waals surface area contributed by atoms with Crippen LogP contribution in [0.4, 0.5) is 0 Å². The van der Waals surface area contributed by atoms with Gasteiger partial charge in [-0.25, -0.2) is 0 Å². The van der Waals surface area contributed by atoms with E-state index in [0.717, 1.165) is 12.0 Å². The maximum atomic E-state index is 4.10. The van der Waals surface area contributed by atoms with Gasteiger partial charge in [0.15, 0.2) is 5.96 Å². The summed E-state index contributed by atoms with van der Waals surface area (Å²) in [5.41, 5.74) is 0. The minimum absolute atomic E-state index is 0.742. The number of nitrogens with zero attached hydrogens (tertiary/aromatic N) is 2. The first-order valence-corrected chi connectivity index (χ1v) is 3.67. The highest BCUT2D eigenvalue weighted by Gasteiger charge is 2.27. The molecule has 3 nitrogen and oxygen atoms in total. The van der Waals surface area contributed by atoms with Crippen molar-refractivity contribution in [3.63, 3.8) is 0 Å². The average Bonchev–Trinajstić information content (AvgIpc) is 2.71. The molecule has 0 bridgehead atoms. The highest BCUT2D eigenvalue weighted by molar-refractivity contribution is 5.79. The summed E-state index contributed by atoms with van der Waals surface area (Å²) in [6.45, 7) is 0. The molecule has 1 aliphatic rings. The predicted molar refractivity (Wildman–Crippen MR) is 43.2 cm³/mol. The Hall–Kier alpha value is -0.730. The Kier molecular flexibility index (Phi) is 2.14. The molecular weight excluding hydrogens is 126 g/mol. The van der Waals surface area contributed by atoms with Crippen molar-refractivity contribution in [1.82, 2.24) is 10.2 Å². The van der Waals surface area contributed by atoms with E-state index in [4.69, 9.17) is 0 Å². The van der Waals surface area contributed by atoms with Crippen molar-refractivity contribution in [3.05, 3.63) is 0 Å². The Balaban J connectivity index is 2.43. The minimum Gasteiger partial charge on any atom is -0.359 e. The van der Waals surface area contributed by atoms with E-state index in [1.807, 2.05) is 14.1 Å². The molecule has 0 aromatic rings. The van der Waals surface area contributed by atoms with Crippen LogP contribution >= 0.6 is 0 Å². The third-order valence-corrected chi connectivity index (χ3v) is 1.86. The van der Waals surface area contributed by atoms with E-state index in [1.165, 1.54) is 12.8 Å². The summed E-state index contributed by atoms with van der Waals surface area (Å²) in [7, 11) is 5.79. The van der Waals surface area contributed by atoms with Gasteiger partial charge in [-0.15, -0.1) is 0 Å². The lowest BCUT2D eigenvalue weighted by molar-refractivity contribution is 0.478. The molecule has 0 heterocycles.